The number of hydrogen-bond acceptors (Lipinski definition) is 4. The normalized spacial score (nSPS) is 14.4. The van der Waals surface area contributed by atoms with Gasteiger partial charge in [-0.05, 0) is 42.8 Å². The molecule has 1 saturated heterocycles. The molecule has 0 aromatic heterocycles. The quantitative estimate of drug-likeness (QED) is 0.339. The lowest BCUT2D eigenvalue weighted by Crippen LogP contribution is -2.30. The second-order valence-electron chi connectivity index (χ2n) is 7.49. The zero-order valence-electron chi connectivity index (χ0n) is 18.4. The van der Waals surface area contributed by atoms with Gasteiger partial charge >= 0.3 is 6.03 Å². The van der Waals surface area contributed by atoms with Gasteiger partial charge in [0, 0.05) is 16.1 Å². The van der Waals surface area contributed by atoms with Crippen molar-refractivity contribution in [1.29, 1.82) is 0 Å². The van der Waals surface area contributed by atoms with Gasteiger partial charge in [0.25, 0.3) is 5.91 Å². The summed E-state index contributed by atoms with van der Waals surface area (Å²) in [4.78, 5) is 26.1. The molecule has 8 heteroatoms. The van der Waals surface area contributed by atoms with Gasteiger partial charge in [0.15, 0.2) is 11.5 Å². The van der Waals surface area contributed by atoms with Crippen molar-refractivity contribution in [2.75, 3.05) is 6.61 Å². The molecule has 1 fully saturated rings. The lowest BCUT2D eigenvalue weighted by atomic mass is 10.1. The van der Waals surface area contributed by atoms with Gasteiger partial charge in [0.05, 0.1) is 13.2 Å². The summed E-state index contributed by atoms with van der Waals surface area (Å²) in [5.41, 5.74) is 1.82. The molecule has 0 radical (unpaired) electrons. The maximum absolute atomic E-state index is 14.0. The zero-order chi connectivity index (χ0) is 24.1. The predicted octanol–water partition coefficient (Wildman–Crippen LogP) is 5.55. The van der Waals surface area contributed by atoms with E-state index in [9.17, 15) is 14.0 Å². The van der Waals surface area contributed by atoms with Crippen LogP contribution in [0.5, 0.6) is 11.5 Å². The van der Waals surface area contributed by atoms with E-state index in [-0.39, 0.29) is 24.4 Å². The minimum Gasteiger partial charge on any atom is -0.490 e. The van der Waals surface area contributed by atoms with Crippen molar-refractivity contribution in [2.45, 2.75) is 20.1 Å². The van der Waals surface area contributed by atoms with Gasteiger partial charge in [-0.3, -0.25) is 9.69 Å². The molecular weight excluding hydrogens is 459 g/mol. The first-order valence-corrected chi connectivity index (χ1v) is 11.0. The summed E-state index contributed by atoms with van der Waals surface area (Å²) in [6.07, 6.45) is 1.54. The number of carbonyl (C=O) groups is 2. The van der Waals surface area contributed by atoms with Crippen LogP contribution < -0.4 is 14.8 Å². The Morgan fingerprint density at radius 3 is 2.44 bits per heavy atom. The van der Waals surface area contributed by atoms with Crippen LogP contribution in [0.1, 0.15) is 23.6 Å². The van der Waals surface area contributed by atoms with Crippen LogP contribution in [0, 0.1) is 5.82 Å². The summed E-state index contributed by atoms with van der Waals surface area (Å²) in [7, 11) is 0. The summed E-state index contributed by atoms with van der Waals surface area (Å²) in [6.45, 7) is 2.37. The van der Waals surface area contributed by atoms with Crippen LogP contribution in [0.3, 0.4) is 0 Å². The lowest BCUT2D eigenvalue weighted by molar-refractivity contribution is -0.123. The maximum atomic E-state index is 14.0. The minimum atomic E-state index is -0.607. The Bertz CT molecular complexity index is 1260. The minimum absolute atomic E-state index is 0.0912. The highest BCUT2D eigenvalue weighted by Crippen LogP contribution is 2.31. The molecule has 3 aromatic rings. The highest BCUT2D eigenvalue weighted by Gasteiger charge is 2.34. The van der Waals surface area contributed by atoms with Crippen molar-refractivity contribution in [3.05, 3.63) is 100.0 Å². The third kappa shape index (κ3) is 5.21. The van der Waals surface area contributed by atoms with E-state index in [4.69, 9.17) is 21.1 Å². The van der Waals surface area contributed by atoms with E-state index < -0.39 is 17.8 Å². The smallest absolute Gasteiger partial charge is 0.329 e. The topological polar surface area (TPSA) is 67.9 Å². The van der Waals surface area contributed by atoms with E-state index in [1.54, 1.807) is 42.5 Å². The molecule has 0 atom stereocenters. The van der Waals surface area contributed by atoms with Gasteiger partial charge in [0.2, 0.25) is 0 Å². The van der Waals surface area contributed by atoms with Crippen LogP contribution in [0.2, 0.25) is 5.02 Å². The molecule has 34 heavy (non-hydrogen) atoms. The van der Waals surface area contributed by atoms with E-state index in [2.05, 4.69) is 5.32 Å². The molecular formula is C26H22ClFN2O4. The largest absolute Gasteiger partial charge is 0.490 e. The van der Waals surface area contributed by atoms with Gasteiger partial charge in [-0.2, -0.15) is 0 Å². The number of urea groups is 1. The summed E-state index contributed by atoms with van der Waals surface area (Å²) in [5, 5.41) is 3.16. The van der Waals surface area contributed by atoms with Crippen molar-refractivity contribution < 1.29 is 23.5 Å². The fourth-order valence-corrected chi connectivity index (χ4v) is 3.64. The second kappa shape index (κ2) is 10.4. The number of nitrogens with zero attached hydrogens (tertiary/aromatic N) is 1. The molecule has 3 aromatic carbocycles. The van der Waals surface area contributed by atoms with Crippen LogP contribution in [0.15, 0.2) is 72.4 Å². The number of nitrogens with one attached hydrogen (secondary N) is 1. The van der Waals surface area contributed by atoms with E-state index in [0.717, 1.165) is 10.5 Å². The van der Waals surface area contributed by atoms with Crippen LogP contribution in [0.4, 0.5) is 9.18 Å². The predicted molar refractivity (Wildman–Crippen MR) is 127 cm³/mol. The SMILES string of the molecule is CCOc1cc(/C=C2/NC(=O)N(Cc3ccccc3F)C2=O)ccc1OCc1ccccc1Cl. The molecule has 3 amide bonds. The van der Waals surface area contributed by atoms with Crippen molar-refractivity contribution >= 4 is 29.6 Å². The lowest BCUT2D eigenvalue weighted by Gasteiger charge is -2.13. The molecule has 1 N–H and O–H groups in total. The molecule has 1 aliphatic rings. The Balaban J connectivity index is 1.52. The monoisotopic (exact) mass is 480 g/mol. The van der Waals surface area contributed by atoms with E-state index in [1.165, 1.54) is 12.1 Å². The zero-order valence-corrected chi connectivity index (χ0v) is 19.1. The number of rotatable bonds is 8. The molecule has 4 rings (SSSR count). The Morgan fingerprint density at radius 2 is 1.71 bits per heavy atom. The van der Waals surface area contributed by atoms with Crippen LogP contribution in [0.25, 0.3) is 6.08 Å². The molecule has 0 saturated carbocycles. The van der Waals surface area contributed by atoms with E-state index in [1.807, 2.05) is 25.1 Å². The van der Waals surface area contributed by atoms with Crippen LogP contribution in [-0.2, 0) is 17.9 Å². The molecule has 0 spiro atoms. The van der Waals surface area contributed by atoms with Crippen LogP contribution >= 0.6 is 11.6 Å². The van der Waals surface area contributed by atoms with Gasteiger partial charge in [-0.25, -0.2) is 9.18 Å². The highest BCUT2D eigenvalue weighted by atomic mass is 35.5. The maximum Gasteiger partial charge on any atom is 0.329 e. The average molecular weight is 481 g/mol. The third-order valence-corrected chi connectivity index (χ3v) is 5.54. The summed E-state index contributed by atoms with van der Waals surface area (Å²) < 4.78 is 25.6. The number of ether oxygens (including phenoxy) is 2. The number of benzene rings is 3. The first kappa shape index (κ1) is 23.3. The molecule has 0 unspecified atom stereocenters. The summed E-state index contributed by atoms with van der Waals surface area (Å²) in [5.74, 6) is -0.00436. The van der Waals surface area contributed by atoms with Gasteiger partial charge in [0.1, 0.15) is 18.1 Å². The molecule has 1 aliphatic heterocycles. The second-order valence-corrected chi connectivity index (χ2v) is 7.90. The Morgan fingerprint density at radius 1 is 0.971 bits per heavy atom. The number of carbonyl (C=O) groups excluding carboxylic acids is 2. The Labute approximate surface area is 201 Å². The fourth-order valence-electron chi connectivity index (χ4n) is 3.45. The van der Waals surface area contributed by atoms with Crippen molar-refractivity contribution in [3.8, 4) is 11.5 Å². The van der Waals surface area contributed by atoms with Crippen LogP contribution in [-0.4, -0.2) is 23.4 Å². The van der Waals surface area contributed by atoms with Crippen molar-refractivity contribution in [3.63, 3.8) is 0 Å². The van der Waals surface area contributed by atoms with Crippen molar-refractivity contribution in [1.82, 2.24) is 10.2 Å². The number of amides is 3. The van der Waals surface area contributed by atoms with E-state index >= 15 is 0 Å². The van der Waals surface area contributed by atoms with Crippen molar-refractivity contribution in [2.24, 2.45) is 0 Å². The highest BCUT2D eigenvalue weighted by molar-refractivity contribution is 6.31. The number of imide groups is 1. The summed E-state index contributed by atoms with van der Waals surface area (Å²) in [6, 6.07) is 18.0. The molecule has 174 valence electrons. The third-order valence-electron chi connectivity index (χ3n) is 5.17. The van der Waals surface area contributed by atoms with E-state index in [0.29, 0.717) is 28.7 Å². The first-order chi connectivity index (χ1) is 16.5. The fraction of sp³-hybridized carbons (Fsp3) is 0.154. The molecule has 1 heterocycles. The van der Waals surface area contributed by atoms with Gasteiger partial charge < -0.3 is 14.8 Å². The number of halogens is 2. The summed E-state index contributed by atoms with van der Waals surface area (Å²) >= 11 is 6.20. The molecule has 0 bridgehead atoms. The standard InChI is InChI=1S/C26H22ClFN2O4/c1-2-33-24-14-17(11-12-23(24)34-16-19-8-3-5-9-20(19)27)13-22-25(31)30(26(32)29-22)15-18-7-4-6-10-21(18)28/h3-14H,2,15-16H2,1H3,(H,29,32)/b22-13+. The Kier molecular flexibility index (Phi) is 7.13. The molecule has 0 aliphatic carbocycles. The van der Waals surface area contributed by atoms with Gasteiger partial charge in [-0.1, -0.05) is 54.1 Å². The molecule has 6 nitrogen and oxygen atoms in total. The number of hydrogen-bond donors (Lipinski definition) is 1. The Hall–Kier alpha value is -3.84. The average Bonchev–Trinajstić information content (AvgIpc) is 3.08. The first-order valence-electron chi connectivity index (χ1n) is 10.7. The van der Waals surface area contributed by atoms with Gasteiger partial charge in [-0.15, -0.1) is 0 Å².